The van der Waals surface area contributed by atoms with E-state index >= 15 is 0 Å². The number of anilines is 1. The lowest BCUT2D eigenvalue weighted by atomic mass is 9.88. The number of amides is 1. The topological polar surface area (TPSA) is 83.6 Å². The van der Waals surface area contributed by atoms with Gasteiger partial charge in [-0.3, -0.25) is 9.59 Å². The average molecular weight is 260 g/mol. The van der Waals surface area contributed by atoms with Crippen molar-refractivity contribution in [1.29, 1.82) is 0 Å². The molecule has 0 fully saturated rings. The number of rotatable bonds is 2. The molecule has 2 aliphatic heterocycles. The van der Waals surface area contributed by atoms with Crippen LogP contribution in [-0.2, 0) is 22.4 Å². The zero-order valence-electron chi connectivity index (χ0n) is 10.6. The highest BCUT2D eigenvalue weighted by atomic mass is 16.4. The van der Waals surface area contributed by atoms with Crippen LogP contribution in [0.15, 0.2) is 12.1 Å². The van der Waals surface area contributed by atoms with Crippen LogP contribution < -0.4 is 10.6 Å². The summed E-state index contributed by atoms with van der Waals surface area (Å²) in [4.78, 5) is 24.8. The van der Waals surface area contributed by atoms with E-state index < -0.39 is 12.0 Å². The molecule has 3 rings (SSSR count). The third-order valence-electron chi connectivity index (χ3n) is 3.92. The zero-order chi connectivity index (χ0) is 13.6. The fourth-order valence-corrected chi connectivity index (χ4v) is 3.00. The molecule has 1 atom stereocenters. The van der Waals surface area contributed by atoms with Gasteiger partial charge in [-0.05, 0) is 36.0 Å². The number of carboxylic acids is 1. The summed E-state index contributed by atoms with van der Waals surface area (Å²) in [5.74, 6) is -0.851. The Morgan fingerprint density at radius 1 is 1.26 bits per heavy atom. The van der Waals surface area contributed by atoms with Gasteiger partial charge in [0.15, 0.2) is 0 Å². The molecule has 1 aromatic rings. The Balaban J connectivity index is 2.11. The number of carboxylic acid groups (broad SMARTS) is 1. The van der Waals surface area contributed by atoms with Gasteiger partial charge in [0.2, 0.25) is 5.91 Å². The highest BCUT2D eigenvalue weighted by Gasteiger charge is 2.30. The molecule has 0 radical (unpaired) electrons. The summed E-state index contributed by atoms with van der Waals surface area (Å²) in [5.41, 5.74) is 9.45. The first-order valence-electron chi connectivity index (χ1n) is 6.52. The first kappa shape index (κ1) is 12.2. The average Bonchev–Trinajstić information content (AvgIpc) is 2.41. The van der Waals surface area contributed by atoms with Gasteiger partial charge in [-0.2, -0.15) is 0 Å². The molecule has 0 aliphatic carbocycles. The summed E-state index contributed by atoms with van der Waals surface area (Å²) in [6, 6.07) is 2.71. The molecule has 0 aromatic heterocycles. The van der Waals surface area contributed by atoms with Crippen LogP contribution in [0, 0.1) is 0 Å². The van der Waals surface area contributed by atoms with Crippen LogP contribution in [0.2, 0.25) is 0 Å². The lowest BCUT2D eigenvalue weighted by Crippen LogP contribution is -2.39. The van der Waals surface area contributed by atoms with Crippen molar-refractivity contribution in [3.63, 3.8) is 0 Å². The van der Waals surface area contributed by atoms with E-state index in [0.717, 1.165) is 36.2 Å². The third kappa shape index (κ3) is 1.90. The molecule has 19 heavy (non-hydrogen) atoms. The largest absolute Gasteiger partial charge is 0.480 e. The molecular weight excluding hydrogens is 244 g/mol. The first-order chi connectivity index (χ1) is 9.08. The number of benzene rings is 1. The van der Waals surface area contributed by atoms with Crippen molar-refractivity contribution in [3.05, 3.63) is 28.8 Å². The minimum Gasteiger partial charge on any atom is -0.480 e. The summed E-state index contributed by atoms with van der Waals surface area (Å²) in [6.07, 6.45) is 2.98. The Morgan fingerprint density at radius 2 is 1.95 bits per heavy atom. The van der Waals surface area contributed by atoms with Crippen LogP contribution in [0.5, 0.6) is 0 Å². The fourth-order valence-electron chi connectivity index (χ4n) is 3.00. The highest BCUT2D eigenvalue weighted by molar-refractivity contribution is 5.98. The molecular formula is C14H16N2O3. The van der Waals surface area contributed by atoms with Gasteiger partial charge >= 0.3 is 5.97 Å². The zero-order valence-corrected chi connectivity index (χ0v) is 10.6. The van der Waals surface area contributed by atoms with Gasteiger partial charge in [0.05, 0.1) is 5.69 Å². The van der Waals surface area contributed by atoms with E-state index in [9.17, 15) is 9.59 Å². The number of hydrogen-bond donors (Lipinski definition) is 2. The van der Waals surface area contributed by atoms with Crippen LogP contribution in [0.4, 0.5) is 5.69 Å². The second-order valence-electron chi connectivity index (χ2n) is 5.15. The molecule has 0 saturated carbocycles. The smallest absolute Gasteiger partial charge is 0.325 e. The van der Waals surface area contributed by atoms with Crippen LogP contribution in [0.3, 0.4) is 0 Å². The van der Waals surface area contributed by atoms with Crippen LogP contribution in [0.1, 0.15) is 35.6 Å². The Bertz CT molecular complexity index is 551. The minimum absolute atomic E-state index is 0.170. The summed E-state index contributed by atoms with van der Waals surface area (Å²) >= 11 is 0. The summed E-state index contributed by atoms with van der Waals surface area (Å²) in [5, 5.41) is 9.02. The molecule has 0 bridgehead atoms. The van der Waals surface area contributed by atoms with E-state index in [-0.39, 0.29) is 5.91 Å². The second kappa shape index (κ2) is 4.35. The van der Waals surface area contributed by atoms with Gasteiger partial charge in [-0.25, -0.2) is 0 Å². The van der Waals surface area contributed by atoms with Gasteiger partial charge in [0, 0.05) is 13.0 Å². The van der Waals surface area contributed by atoms with Crippen molar-refractivity contribution in [3.8, 4) is 0 Å². The Morgan fingerprint density at radius 3 is 2.63 bits per heavy atom. The predicted octanol–water partition coefficient (Wildman–Crippen LogP) is 0.996. The maximum atomic E-state index is 11.9. The van der Waals surface area contributed by atoms with E-state index in [1.807, 2.05) is 17.0 Å². The lowest BCUT2D eigenvalue weighted by Gasteiger charge is -2.35. The summed E-state index contributed by atoms with van der Waals surface area (Å²) in [6.45, 7) is 0.767. The number of nitrogens with two attached hydrogens (primary N) is 1. The van der Waals surface area contributed by atoms with Crippen molar-refractivity contribution in [2.75, 3.05) is 11.4 Å². The quantitative estimate of drug-likeness (QED) is 0.830. The highest BCUT2D eigenvalue weighted by Crippen LogP contribution is 2.37. The molecule has 1 unspecified atom stereocenters. The van der Waals surface area contributed by atoms with Gasteiger partial charge < -0.3 is 15.7 Å². The maximum Gasteiger partial charge on any atom is 0.325 e. The summed E-state index contributed by atoms with van der Waals surface area (Å²) in [7, 11) is 0. The normalized spacial score (nSPS) is 19.0. The van der Waals surface area contributed by atoms with E-state index in [1.165, 1.54) is 0 Å². The SMILES string of the molecule is NC(C(=O)O)c1cc2c3c(c1)CCC(=O)N3CCC2. The van der Waals surface area contributed by atoms with Crippen molar-refractivity contribution in [2.24, 2.45) is 5.73 Å². The van der Waals surface area contributed by atoms with Gasteiger partial charge in [0.1, 0.15) is 6.04 Å². The Hall–Kier alpha value is -1.88. The number of aryl methyl sites for hydroxylation is 2. The molecule has 0 spiro atoms. The van der Waals surface area contributed by atoms with Crippen molar-refractivity contribution in [2.45, 2.75) is 31.7 Å². The molecule has 2 heterocycles. The molecule has 1 amide bonds. The van der Waals surface area contributed by atoms with Gasteiger partial charge in [0.25, 0.3) is 0 Å². The van der Waals surface area contributed by atoms with E-state index in [4.69, 9.17) is 10.8 Å². The molecule has 5 heteroatoms. The fraction of sp³-hybridized carbons (Fsp3) is 0.429. The number of carbonyl (C=O) groups is 2. The predicted molar refractivity (Wildman–Crippen MR) is 70.0 cm³/mol. The lowest BCUT2D eigenvalue weighted by molar-refractivity contribution is -0.138. The van der Waals surface area contributed by atoms with E-state index in [1.54, 1.807) is 0 Å². The van der Waals surface area contributed by atoms with Gasteiger partial charge in [-0.15, -0.1) is 0 Å². The molecule has 0 saturated heterocycles. The van der Waals surface area contributed by atoms with Crippen molar-refractivity contribution < 1.29 is 14.7 Å². The number of nitrogens with zero attached hydrogens (tertiary/aromatic N) is 1. The van der Waals surface area contributed by atoms with E-state index in [0.29, 0.717) is 18.4 Å². The minimum atomic E-state index is -1.02. The molecule has 1 aromatic carbocycles. The number of aliphatic carboxylic acids is 1. The van der Waals surface area contributed by atoms with Crippen LogP contribution >= 0.6 is 0 Å². The van der Waals surface area contributed by atoms with E-state index in [2.05, 4.69) is 0 Å². The van der Waals surface area contributed by atoms with Gasteiger partial charge in [-0.1, -0.05) is 12.1 Å². The summed E-state index contributed by atoms with van der Waals surface area (Å²) < 4.78 is 0. The van der Waals surface area contributed by atoms with Crippen LogP contribution in [-0.4, -0.2) is 23.5 Å². The standard InChI is InChI=1S/C14H16N2O3/c15-12(14(18)19)10-6-8-2-1-5-16-11(17)4-3-9(7-10)13(8)16/h6-7,12H,1-5,15H2,(H,18,19). The molecule has 3 N–H and O–H groups in total. The molecule has 2 aliphatic rings. The molecule has 100 valence electrons. The van der Waals surface area contributed by atoms with Crippen LogP contribution in [0.25, 0.3) is 0 Å². The number of carbonyl (C=O) groups excluding carboxylic acids is 1. The van der Waals surface area contributed by atoms with Crippen molar-refractivity contribution in [1.82, 2.24) is 0 Å². The molecule has 5 nitrogen and oxygen atoms in total. The number of hydrogen-bond acceptors (Lipinski definition) is 3. The monoisotopic (exact) mass is 260 g/mol. The second-order valence-corrected chi connectivity index (χ2v) is 5.15. The van der Waals surface area contributed by atoms with Crippen molar-refractivity contribution >= 4 is 17.6 Å². The maximum absolute atomic E-state index is 11.9. The third-order valence-corrected chi connectivity index (χ3v) is 3.92. The Kier molecular flexibility index (Phi) is 2.78. The first-order valence-corrected chi connectivity index (χ1v) is 6.52. The Labute approximate surface area is 111 Å².